The van der Waals surface area contributed by atoms with Crippen LogP contribution >= 0.6 is 0 Å². The van der Waals surface area contributed by atoms with Crippen molar-refractivity contribution in [1.29, 1.82) is 0 Å². The van der Waals surface area contributed by atoms with Gasteiger partial charge in [-0.2, -0.15) is 9.13 Å². The Morgan fingerprint density at radius 2 is 0.809 bits per heavy atom. The van der Waals surface area contributed by atoms with Gasteiger partial charge in [-0.3, -0.25) is 0 Å². The maximum absolute atomic E-state index is 5.84. The molecular formula is C75H76N12Si2+2. The van der Waals surface area contributed by atoms with Gasteiger partial charge in [-0.05, 0) is 119 Å². The fourth-order valence-corrected chi connectivity index (χ4v) is 27.6. The van der Waals surface area contributed by atoms with Crippen molar-refractivity contribution >= 4 is 94.7 Å². The van der Waals surface area contributed by atoms with Gasteiger partial charge in [0.15, 0.2) is 0 Å². The number of imidazole rings is 2. The lowest BCUT2D eigenvalue weighted by molar-refractivity contribution is -0.790. The summed E-state index contributed by atoms with van der Waals surface area (Å²) in [6, 6.07) is 44.1. The second-order valence-electron chi connectivity index (χ2n) is 27.5. The van der Waals surface area contributed by atoms with Crippen LogP contribution < -0.4 is 11.0 Å². The standard InChI is InChI=1S/C75H76N12Si2/c1-15-35-82-63-41-59-57(39-61(63)76-65(82)51-29-25-49(26-30-51)33-37-88(43(3)4,44(5)6)45(7)8)71-78-67-54-22-18-20-24-56(54)70-81-74-60-42-64-62(77-66(83(64)36-16-2)52-31-27-50(28-32-52)34-38-89(46(9)10,47(11)12)48(13)14)40-58(60)72-79-68-53-21-17-19-23-55(53)69-80-73(59)86(71)75(84(68)69,85(67)70)87(72)74/h17-32,39-48H,15-16,35-36H2,1-14H3/q+2. The number of fused-ring (bicyclic) bond motifs is 14. The third-order valence-electron chi connectivity index (χ3n) is 21.1. The average Bonchev–Trinajstić information content (AvgIpc) is 1.49. The number of hydrogen-bond donors (Lipinski definition) is 0. The zero-order valence-corrected chi connectivity index (χ0v) is 55.7. The molecule has 0 bridgehead atoms. The van der Waals surface area contributed by atoms with Gasteiger partial charge in [0.25, 0.3) is 23.3 Å². The molecule has 10 heterocycles. The summed E-state index contributed by atoms with van der Waals surface area (Å²) >= 11 is 0. The van der Waals surface area contributed by atoms with Gasteiger partial charge in [0, 0.05) is 35.3 Å². The number of rotatable bonds is 12. The molecule has 6 aromatic carbocycles. The first-order valence-corrected chi connectivity index (χ1v) is 37.0. The van der Waals surface area contributed by atoms with Crippen molar-refractivity contribution in [1.82, 2.24) is 28.2 Å². The lowest BCUT2D eigenvalue weighted by atomic mass is 10.1. The molecule has 10 aromatic rings. The molecular weight excluding hydrogens is 1130 g/mol. The largest absolute Gasteiger partial charge is 0.404 e. The van der Waals surface area contributed by atoms with E-state index in [1.54, 1.807) is 0 Å². The number of amidine groups is 4. The molecule has 6 aliphatic rings. The highest BCUT2D eigenvalue weighted by atomic mass is 28.3. The first-order valence-electron chi connectivity index (χ1n) is 32.6. The predicted octanol–water partition coefficient (Wildman–Crippen LogP) is 15.7. The number of benzene rings is 6. The highest BCUT2D eigenvalue weighted by Gasteiger charge is 2.69. The second-order valence-corrected chi connectivity index (χ2v) is 38.6. The Balaban J connectivity index is 0.913. The lowest BCUT2D eigenvalue weighted by Gasteiger charge is -2.40. The summed E-state index contributed by atoms with van der Waals surface area (Å²) in [5.41, 5.74) is 25.3. The van der Waals surface area contributed by atoms with Crippen LogP contribution in [0.5, 0.6) is 0 Å². The molecule has 1 spiro atoms. The van der Waals surface area contributed by atoms with E-state index in [-0.39, 0.29) is 0 Å². The van der Waals surface area contributed by atoms with Crippen molar-refractivity contribution in [3.63, 3.8) is 0 Å². The van der Waals surface area contributed by atoms with Gasteiger partial charge in [-0.15, -0.1) is 20.2 Å². The van der Waals surface area contributed by atoms with Crippen LogP contribution in [0.3, 0.4) is 0 Å². The van der Waals surface area contributed by atoms with E-state index in [1.807, 2.05) is 0 Å². The molecule has 16 rings (SSSR count). The van der Waals surface area contributed by atoms with Crippen LogP contribution in [0.4, 0.5) is 11.6 Å². The van der Waals surface area contributed by atoms with Crippen molar-refractivity contribution in [3.8, 4) is 45.7 Å². The maximum Gasteiger partial charge on any atom is 0.404 e. The van der Waals surface area contributed by atoms with Crippen molar-refractivity contribution < 1.29 is 9.15 Å². The Bertz CT molecular complexity index is 5160. The van der Waals surface area contributed by atoms with Gasteiger partial charge in [0.05, 0.1) is 65.9 Å². The van der Waals surface area contributed by atoms with E-state index in [2.05, 4.69) is 269 Å². The van der Waals surface area contributed by atoms with E-state index in [9.17, 15) is 0 Å². The Morgan fingerprint density at radius 1 is 0.438 bits per heavy atom. The Hall–Kier alpha value is -8.83. The minimum absolute atomic E-state index is 0.567. The molecule has 1 atom stereocenters. The minimum atomic E-state index is -1.91. The zero-order chi connectivity index (χ0) is 61.5. The number of aryl methyl sites for hydroxylation is 2. The lowest BCUT2D eigenvalue weighted by Crippen LogP contribution is -2.71. The predicted molar refractivity (Wildman–Crippen MR) is 367 cm³/mol. The first kappa shape index (κ1) is 55.5. The van der Waals surface area contributed by atoms with Crippen LogP contribution in [0.2, 0.25) is 33.2 Å². The van der Waals surface area contributed by atoms with Gasteiger partial charge >= 0.3 is 5.91 Å². The van der Waals surface area contributed by atoms with Gasteiger partial charge in [0.1, 0.15) is 27.8 Å². The normalized spacial score (nSPS) is 16.6. The van der Waals surface area contributed by atoms with Crippen LogP contribution in [-0.2, 0) is 19.0 Å². The first-order chi connectivity index (χ1) is 43.0. The highest BCUT2D eigenvalue weighted by Crippen LogP contribution is 2.54. The molecule has 14 heteroatoms. The summed E-state index contributed by atoms with van der Waals surface area (Å²) in [4.78, 5) is 34.4. The Kier molecular flexibility index (Phi) is 12.2. The Labute approximate surface area is 522 Å². The molecule has 0 saturated heterocycles. The number of hydrogen-bond acceptors (Lipinski definition) is 6. The van der Waals surface area contributed by atoms with Crippen LogP contribution in [0.1, 0.15) is 143 Å². The summed E-state index contributed by atoms with van der Waals surface area (Å²) < 4.78 is 14.4. The van der Waals surface area contributed by atoms with Gasteiger partial charge in [0.2, 0.25) is 22.6 Å². The molecule has 12 nitrogen and oxygen atoms in total. The van der Waals surface area contributed by atoms with Crippen LogP contribution in [-0.4, -0.2) is 76.9 Å². The zero-order valence-electron chi connectivity index (χ0n) is 53.7. The van der Waals surface area contributed by atoms with E-state index in [0.717, 1.165) is 172 Å². The molecule has 0 radical (unpaired) electrons. The molecule has 4 aromatic heterocycles. The minimum Gasteiger partial charge on any atom is -0.324 e. The second kappa shape index (κ2) is 19.6. The van der Waals surface area contributed by atoms with Gasteiger partial charge < -0.3 is 9.13 Å². The molecule has 0 fully saturated rings. The highest BCUT2D eigenvalue weighted by molar-refractivity contribution is 6.91. The van der Waals surface area contributed by atoms with Crippen molar-refractivity contribution in [2.75, 3.05) is 0 Å². The van der Waals surface area contributed by atoms with Crippen LogP contribution in [0, 0.1) is 22.9 Å². The van der Waals surface area contributed by atoms with Crippen molar-refractivity contribution in [2.24, 2.45) is 20.0 Å². The molecule has 0 amide bonds. The molecule has 0 aliphatic carbocycles. The molecule has 89 heavy (non-hydrogen) atoms. The summed E-state index contributed by atoms with van der Waals surface area (Å²) in [5, 5.41) is 4.01. The molecule has 0 N–H and O–H groups in total. The van der Waals surface area contributed by atoms with E-state index in [1.165, 1.54) is 0 Å². The molecule has 0 saturated carbocycles. The fourth-order valence-electron chi connectivity index (χ4n) is 17.2. The van der Waals surface area contributed by atoms with Gasteiger partial charge in [-0.1, -0.05) is 177 Å². The average molecular weight is 1200 g/mol. The Morgan fingerprint density at radius 3 is 1.21 bits per heavy atom. The summed E-state index contributed by atoms with van der Waals surface area (Å²) in [6.07, 6.45) is 1.88. The van der Waals surface area contributed by atoms with E-state index >= 15 is 0 Å². The van der Waals surface area contributed by atoms with Crippen LogP contribution in [0.15, 0.2) is 141 Å². The van der Waals surface area contributed by atoms with E-state index in [4.69, 9.17) is 29.9 Å². The maximum atomic E-state index is 5.84. The third-order valence-corrected chi connectivity index (χ3v) is 33.6. The number of nitrogens with zero attached hydrogens (tertiary/aromatic N) is 12. The third kappa shape index (κ3) is 7.24. The number of aromatic nitrogens is 6. The summed E-state index contributed by atoms with van der Waals surface area (Å²) in [5.74, 6) is 13.1. The summed E-state index contributed by atoms with van der Waals surface area (Å²) in [7, 11) is -3.81. The van der Waals surface area contributed by atoms with E-state index in [0.29, 0.717) is 33.2 Å². The molecule has 1 unspecified atom stereocenters. The monoisotopic (exact) mass is 1200 g/mol. The SMILES string of the molecule is CCCn1c(-c2ccc(C#C[Si](C(C)C)(C(C)C)C(C)C)cc2)nc2cc3c4n5c(c3cc21)N=C1c2ccccc2C2=[N+]1C51n3c(c5cc6nc(-c7ccc(C#C[Si](C(C)C)(C(C)C)C(C)C)cc7)n(CCC)c6cc5c3=NC3=[N+]1C(=N4)c1ccccc13)=N2. The smallest absolute Gasteiger partial charge is 0.324 e. The summed E-state index contributed by atoms with van der Waals surface area (Å²) in [6.45, 7) is 34.6. The number of aliphatic imine (C=N–C) groups is 2. The quantitative estimate of drug-likeness (QED) is 0.0691. The molecule has 442 valence electrons. The topological polar surface area (TPSA) is 101 Å². The van der Waals surface area contributed by atoms with Crippen molar-refractivity contribution in [2.45, 2.75) is 162 Å². The van der Waals surface area contributed by atoms with Crippen LogP contribution in [0.25, 0.3) is 66.4 Å². The van der Waals surface area contributed by atoms with Crippen molar-refractivity contribution in [3.05, 3.63) is 166 Å². The molecule has 6 aliphatic heterocycles. The van der Waals surface area contributed by atoms with Gasteiger partial charge in [-0.25, -0.2) is 9.97 Å². The fraction of sp³-hybridized carbons (Fsp3) is 0.333. The van der Waals surface area contributed by atoms with E-state index < -0.39 is 22.1 Å².